The molecule has 14 rings (SSSR count). The summed E-state index contributed by atoms with van der Waals surface area (Å²) in [6.45, 7) is 0. The lowest BCUT2D eigenvalue weighted by atomic mass is 9.42. The van der Waals surface area contributed by atoms with Crippen LogP contribution in [0.1, 0.15) is 43.2 Å². The normalized spacial score (nSPS) is 22.8. The molecule has 2 aromatic heterocycles. The molecule has 4 fully saturated rings. The largest absolute Gasteiger partial charge is 0.208 e. The van der Waals surface area contributed by atoms with Gasteiger partial charge in [-0.3, -0.25) is 0 Å². The highest BCUT2D eigenvalue weighted by Crippen LogP contribution is 2.71. The molecule has 57 heavy (non-hydrogen) atoms. The number of hydrogen-bond acceptors (Lipinski definition) is 4. The van der Waals surface area contributed by atoms with Gasteiger partial charge in [-0.15, -0.1) is 11.3 Å². The van der Waals surface area contributed by atoms with Gasteiger partial charge in [-0.2, -0.15) is 0 Å². The van der Waals surface area contributed by atoms with Gasteiger partial charge in [0, 0.05) is 42.3 Å². The van der Waals surface area contributed by atoms with Crippen molar-refractivity contribution in [1.82, 2.24) is 15.0 Å². The molecule has 5 aliphatic rings. The second-order valence-electron chi connectivity index (χ2n) is 17.2. The zero-order valence-corrected chi connectivity index (χ0v) is 32.3. The minimum Gasteiger partial charge on any atom is -0.208 e. The van der Waals surface area contributed by atoms with E-state index in [0.717, 1.165) is 34.6 Å². The highest BCUT2D eigenvalue weighted by Gasteiger charge is 2.62. The van der Waals surface area contributed by atoms with Crippen LogP contribution in [-0.2, 0) is 5.41 Å². The topological polar surface area (TPSA) is 38.7 Å². The molecule has 3 nitrogen and oxygen atoms in total. The van der Waals surface area contributed by atoms with Crippen LogP contribution in [0.15, 0.2) is 152 Å². The Morgan fingerprint density at radius 2 is 1.05 bits per heavy atom. The molecule has 0 atom stereocenters. The quantitative estimate of drug-likeness (QED) is 0.180. The molecule has 4 bridgehead atoms. The molecule has 1 spiro atoms. The van der Waals surface area contributed by atoms with Gasteiger partial charge in [0.25, 0.3) is 0 Å². The Kier molecular flexibility index (Phi) is 6.78. The molecule has 0 aliphatic heterocycles. The van der Waals surface area contributed by atoms with E-state index in [9.17, 15) is 0 Å². The van der Waals surface area contributed by atoms with E-state index in [1.807, 2.05) is 11.3 Å². The Labute approximate surface area is 336 Å². The minimum absolute atomic E-state index is 0.0506. The summed E-state index contributed by atoms with van der Waals surface area (Å²) >= 11 is 1.91. The zero-order valence-electron chi connectivity index (χ0n) is 31.5. The van der Waals surface area contributed by atoms with E-state index in [1.165, 1.54) is 96.4 Å². The number of rotatable bonds is 4. The van der Waals surface area contributed by atoms with Crippen LogP contribution in [0.25, 0.3) is 87.4 Å². The monoisotopic (exact) mass is 749 g/mol. The fourth-order valence-corrected chi connectivity index (χ4v) is 13.4. The Morgan fingerprint density at radius 3 is 1.81 bits per heavy atom. The van der Waals surface area contributed by atoms with Crippen molar-refractivity contribution in [2.24, 2.45) is 23.7 Å². The van der Waals surface area contributed by atoms with Crippen molar-refractivity contribution in [3.8, 4) is 56.4 Å². The average Bonchev–Trinajstić information content (AvgIpc) is 3.78. The van der Waals surface area contributed by atoms with Gasteiger partial charge in [0.2, 0.25) is 0 Å². The first kappa shape index (κ1) is 32.2. The van der Waals surface area contributed by atoms with Crippen molar-refractivity contribution in [1.29, 1.82) is 0 Å². The summed E-state index contributed by atoms with van der Waals surface area (Å²) in [5.41, 5.74) is 11.5. The Balaban J connectivity index is 1.10. The van der Waals surface area contributed by atoms with Gasteiger partial charge in [0.1, 0.15) is 0 Å². The van der Waals surface area contributed by atoms with Crippen LogP contribution in [0.5, 0.6) is 0 Å². The van der Waals surface area contributed by atoms with E-state index in [0.29, 0.717) is 17.7 Å². The van der Waals surface area contributed by atoms with Gasteiger partial charge in [0.15, 0.2) is 17.5 Å². The molecular formula is C53H39N3S. The third kappa shape index (κ3) is 4.62. The van der Waals surface area contributed by atoms with Crippen molar-refractivity contribution in [2.45, 2.75) is 37.5 Å². The SMILES string of the molecule is c1ccc(-c2ccc3cc(-c4nc(-c5ccccc5)nc(-c5c6c(cc7sc8ccccc8c57)-c5ccccc5C65C6CC7CC(C6)CC5C7)n4)ccc3c2)cc1. The summed E-state index contributed by atoms with van der Waals surface area (Å²) in [4.78, 5) is 16.5. The van der Waals surface area contributed by atoms with Gasteiger partial charge in [0.05, 0.1) is 0 Å². The first-order valence-electron chi connectivity index (χ1n) is 20.7. The molecule has 4 heteroatoms. The number of aromatic nitrogens is 3. The van der Waals surface area contributed by atoms with Crippen molar-refractivity contribution in [3.05, 3.63) is 163 Å². The summed E-state index contributed by atoms with van der Waals surface area (Å²) in [6, 6.07) is 55.5. The molecule has 2 heterocycles. The van der Waals surface area contributed by atoms with Gasteiger partial charge >= 0.3 is 0 Å². The van der Waals surface area contributed by atoms with E-state index in [2.05, 4.69) is 152 Å². The maximum Gasteiger partial charge on any atom is 0.165 e. The number of nitrogens with zero attached hydrogens (tertiary/aromatic N) is 3. The molecule has 0 N–H and O–H groups in total. The first-order valence-corrected chi connectivity index (χ1v) is 21.5. The lowest BCUT2D eigenvalue weighted by Gasteiger charge is -2.61. The van der Waals surface area contributed by atoms with Crippen LogP contribution in [0.2, 0.25) is 0 Å². The number of fused-ring (bicyclic) bond motifs is 7. The molecule has 7 aromatic carbocycles. The van der Waals surface area contributed by atoms with Gasteiger partial charge < -0.3 is 0 Å². The van der Waals surface area contributed by atoms with E-state index >= 15 is 0 Å². The van der Waals surface area contributed by atoms with Crippen molar-refractivity contribution in [3.63, 3.8) is 0 Å². The van der Waals surface area contributed by atoms with Crippen LogP contribution in [0.4, 0.5) is 0 Å². The van der Waals surface area contributed by atoms with E-state index < -0.39 is 0 Å². The van der Waals surface area contributed by atoms with Crippen LogP contribution in [-0.4, -0.2) is 15.0 Å². The summed E-state index contributed by atoms with van der Waals surface area (Å²) < 4.78 is 2.62. The third-order valence-corrected chi connectivity index (χ3v) is 15.4. The summed E-state index contributed by atoms with van der Waals surface area (Å²) in [5.74, 6) is 5.18. The van der Waals surface area contributed by atoms with E-state index in [1.54, 1.807) is 5.56 Å². The van der Waals surface area contributed by atoms with Crippen LogP contribution < -0.4 is 0 Å². The highest BCUT2D eigenvalue weighted by molar-refractivity contribution is 7.26. The predicted octanol–water partition coefficient (Wildman–Crippen LogP) is 13.8. The molecule has 9 aromatic rings. The van der Waals surface area contributed by atoms with Gasteiger partial charge in [-0.25, -0.2) is 15.0 Å². The minimum atomic E-state index is -0.0506. The molecular weight excluding hydrogens is 711 g/mol. The lowest BCUT2D eigenvalue weighted by molar-refractivity contribution is -0.0397. The third-order valence-electron chi connectivity index (χ3n) is 14.3. The molecule has 0 amide bonds. The first-order chi connectivity index (χ1) is 28.2. The van der Waals surface area contributed by atoms with Gasteiger partial charge in [-0.1, -0.05) is 127 Å². The summed E-state index contributed by atoms with van der Waals surface area (Å²) in [6.07, 6.45) is 6.72. The fraction of sp³-hybridized carbons (Fsp3) is 0.189. The van der Waals surface area contributed by atoms with Crippen molar-refractivity contribution in [2.75, 3.05) is 0 Å². The van der Waals surface area contributed by atoms with Crippen LogP contribution in [0, 0.1) is 23.7 Å². The zero-order chi connectivity index (χ0) is 37.2. The highest BCUT2D eigenvalue weighted by atomic mass is 32.1. The second kappa shape index (κ2) is 12.0. The fourth-order valence-electron chi connectivity index (χ4n) is 12.3. The molecule has 5 aliphatic carbocycles. The van der Waals surface area contributed by atoms with E-state index in [-0.39, 0.29) is 5.41 Å². The Hall–Kier alpha value is -5.97. The molecule has 272 valence electrons. The smallest absolute Gasteiger partial charge is 0.165 e. The predicted molar refractivity (Wildman–Crippen MR) is 235 cm³/mol. The maximum absolute atomic E-state index is 5.63. The average molecular weight is 750 g/mol. The lowest BCUT2D eigenvalue weighted by Crippen LogP contribution is -2.55. The summed E-state index contributed by atoms with van der Waals surface area (Å²) in [5, 5.41) is 4.98. The molecule has 0 radical (unpaired) electrons. The number of hydrogen-bond donors (Lipinski definition) is 0. The maximum atomic E-state index is 5.63. The number of thiophene rings is 1. The Morgan fingerprint density at radius 1 is 0.456 bits per heavy atom. The van der Waals surface area contributed by atoms with Crippen LogP contribution >= 0.6 is 11.3 Å². The van der Waals surface area contributed by atoms with E-state index in [4.69, 9.17) is 15.0 Å². The standard InChI is InChI=1S/C53H39N3S/c1-3-11-33(12-4-1)35-19-20-37-29-38(22-21-36(37)28-35)51-54-50(34-13-5-2-6-14-34)55-52(56-51)48-47-42-16-8-10-18-45(42)57-46(47)30-43-41-15-7-9-17-44(41)53(49(43)48)39-24-31-23-32(26-39)27-40(53)25-31/h1-22,28-32,39-40H,23-27H2. The van der Waals surface area contributed by atoms with Crippen molar-refractivity contribution < 1.29 is 0 Å². The molecule has 0 saturated heterocycles. The van der Waals surface area contributed by atoms with Crippen LogP contribution in [0.3, 0.4) is 0 Å². The number of benzene rings is 7. The molecule has 4 saturated carbocycles. The van der Waals surface area contributed by atoms with Crippen molar-refractivity contribution >= 4 is 42.3 Å². The summed E-state index contributed by atoms with van der Waals surface area (Å²) in [7, 11) is 0. The Bertz CT molecular complexity index is 3060. The second-order valence-corrected chi connectivity index (χ2v) is 18.3. The molecule has 0 unspecified atom stereocenters. The van der Waals surface area contributed by atoms with Gasteiger partial charge in [-0.05, 0) is 124 Å².